The van der Waals surface area contributed by atoms with Crippen molar-refractivity contribution in [3.05, 3.63) is 65.4 Å². The lowest BCUT2D eigenvalue weighted by Gasteiger charge is -2.14. The minimum atomic E-state index is 0.0602. The molecule has 0 unspecified atom stereocenters. The first kappa shape index (κ1) is 18.2. The average Bonchev–Trinajstić information content (AvgIpc) is 3.35. The zero-order valence-corrected chi connectivity index (χ0v) is 17.0. The van der Waals surface area contributed by atoms with Gasteiger partial charge in [-0.15, -0.1) is 10.2 Å². The lowest BCUT2D eigenvalue weighted by Crippen LogP contribution is -2.18. The van der Waals surface area contributed by atoms with Crippen molar-refractivity contribution in [3.8, 4) is 11.5 Å². The lowest BCUT2D eigenvalue weighted by molar-refractivity contribution is 0.0943. The number of carbonyl (C=O) groups is 1. The minimum Gasteiger partial charge on any atom is -0.411 e. The fourth-order valence-corrected chi connectivity index (χ4v) is 4.77. The van der Waals surface area contributed by atoms with Crippen molar-refractivity contribution in [1.29, 1.82) is 0 Å². The molecule has 5 nitrogen and oxygen atoms in total. The predicted molar refractivity (Wildman–Crippen MR) is 114 cm³/mol. The Morgan fingerprint density at radius 3 is 2.76 bits per heavy atom. The number of benzene rings is 2. The summed E-state index contributed by atoms with van der Waals surface area (Å²) in [4.78, 5) is 13.1. The Balaban J connectivity index is 1.39. The van der Waals surface area contributed by atoms with E-state index in [0.717, 1.165) is 35.9 Å². The van der Waals surface area contributed by atoms with Gasteiger partial charge in [-0.1, -0.05) is 48.2 Å². The number of para-hydroxylation sites is 1. The van der Waals surface area contributed by atoms with Crippen molar-refractivity contribution in [1.82, 2.24) is 14.8 Å². The molecule has 29 heavy (non-hydrogen) atoms. The molecule has 0 amide bonds. The van der Waals surface area contributed by atoms with Crippen LogP contribution in [-0.2, 0) is 12.8 Å². The maximum Gasteiger partial charge on any atom is 0.277 e. The highest BCUT2D eigenvalue weighted by atomic mass is 32.2. The van der Waals surface area contributed by atoms with Crippen LogP contribution in [0.2, 0.25) is 0 Å². The third-order valence-corrected chi connectivity index (χ3v) is 6.33. The highest BCUT2D eigenvalue weighted by molar-refractivity contribution is 7.99. The SMILES string of the molecule is Cc1ccccc1-c1nnc(SCC(=O)n2c3c(c4ccccc42)CCCC3)o1. The summed E-state index contributed by atoms with van der Waals surface area (Å²) in [5.74, 6) is 0.812. The van der Waals surface area contributed by atoms with Crippen LogP contribution in [0, 0.1) is 6.92 Å². The highest BCUT2D eigenvalue weighted by Crippen LogP contribution is 2.33. The van der Waals surface area contributed by atoms with E-state index in [1.165, 1.54) is 34.8 Å². The summed E-state index contributed by atoms with van der Waals surface area (Å²) in [6.45, 7) is 2.01. The number of hydrogen-bond donors (Lipinski definition) is 0. The molecule has 0 saturated heterocycles. The van der Waals surface area contributed by atoms with E-state index in [1.54, 1.807) is 0 Å². The van der Waals surface area contributed by atoms with Crippen molar-refractivity contribution >= 4 is 28.6 Å². The Morgan fingerprint density at radius 1 is 1.07 bits per heavy atom. The van der Waals surface area contributed by atoms with Gasteiger partial charge in [-0.25, -0.2) is 0 Å². The zero-order valence-electron chi connectivity index (χ0n) is 16.2. The van der Waals surface area contributed by atoms with Crippen LogP contribution in [0.5, 0.6) is 0 Å². The standard InChI is InChI=1S/C23H21N3O2S/c1-15-8-2-3-9-16(15)22-24-25-23(28-22)29-14-21(27)26-19-12-6-4-10-17(19)18-11-5-7-13-20(18)26/h2-4,6,8-10,12H,5,7,11,13-14H2,1H3. The van der Waals surface area contributed by atoms with E-state index in [0.29, 0.717) is 11.1 Å². The van der Waals surface area contributed by atoms with Crippen molar-refractivity contribution in [3.63, 3.8) is 0 Å². The third-order valence-electron chi connectivity index (χ3n) is 5.53. The van der Waals surface area contributed by atoms with Gasteiger partial charge >= 0.3 is 0 Å². The predicted octanol–water partition coefficient (Wildman–Crippen LogP) is 5.31. The van der Waals surface area contributed by atoms with Gasteiger partial charge in [0.05, 0.1) is 11.3 Å². The fraction of sp³-hybridized carbons (Fsp3) is 0.261. The van der Waals surface area contributed by atoms with Crippen LogP contribution in [0.25, 0.3) is 22.4 Å². The molecule has 2 aromatic carbocycles. The molecule has 0 atom stereocenters. The summed E-state index contributed by atoms with van der Waals surface area (Å²) < 4.78 is 7.71. The second-order valence-corrected chi connectivity index (χ2v) is 8.28. The van der Waals surface area contributed by atoms with E-state index < -0.39 is 0 Å². The van der Waals surface area contributed by atoms with E-state index in [9.17, 15) is 4.79 Å². The molecule has 1 aliphatic rings. The van der Waals surface area contributed by atoms with Gasteiger partial charge in [0.25, 0.3) is 5.22 Å². The van der Waals surface area contributed by atoms with E-state index in [4.69, 9.17) is 4.42 Å². The smallest absolute Gasteiger partial charge is 0.277 e. The number of aryl methyl sites for hydroxylation is 2. The number of aromatic nitrogens is 3. The van der Waals surface area contributed by atoms with Gasteiger partial charge in [0.15, 0.2) is 0 Å². The first-order valence-corrected chi connectivity index (χ1v) is 10.9. The summed E-state index contributed by atoms with van der Waals surface area (Å²) in [5, 5.41) is 9.90. The number of rotatable bonds is 4. The van der Waals surface area contributed by atoms with Crippen molar-refractivity contribution < 1.29 is 9.21 Å². The number of fused-ring (bicyclic) bond motifs is 3. The summed E-state index contributed by atoms with van der Waals surface area (Å²) in [5.41, 5.74) is 5.52. The minimum absolute atomic E-state index is 0.0602. The number of hydrogen-bond acceptors (Lipinski definition) is 5. The number of nitrogens with zero attached hydrogens (tertiary/aromatic N) is 3. The Hall–Kier alpha value is -2.86. The van der Waals surface area contributed by atoms with Crippen LogP contribution in [0.15, 0.2) is 58.2 Å². The summed E-state index contributed by atoms with van der Waals surface area (Å²) >= 11 is 1.30. The average molecular weight is 404 g/mol. The van der Waals surface area contributed by atoms with Crippen LogP contribution in [-0.4, -0.2) is 26.4 Å². The van der Waals surface area contributed by atoms with Crippen molar-refractivity contribution in [2.24, 2.45) is 0 Å². The largest absolute Gasteiger partial charge is 0.411 e. The first-order chi connectivity index (χ1) is 14.2. The molecule has 6 heteroatoms. The summed E-state index contributed by atoms with van der Waals surface area (Å²) in [6.07, 6.45) is 4.33. The maximum absolute atomic E-state index is 13.1. The van der Waals surface area contributed by atoms with Gasteiger partial charge in [-0.3, -0.25) is 9.36 Å². The molecule has 5 rings (SSSR count). The molecule has 2 heterocycles. The molecule has 2 aromatic heterocycles. The van der Waals surface area contributed by atoms with Crippen LogP contribution in [0.4, 0.5) is 0 Å². The molecule has 0 radical (unpaired) electrons. The lowest BCUT2D eigenvalue weighted by atomic mass is 9.96. The van der Waals surface area contributed by atoms with Gasteiger partial charge in [0.2, 0.25) is 11.8 Å². The molecule has 0 bridgehead atoms. The van der Waals surface area contributed by atoms with Crippen LogP contribution in [0.3, 0.4) is 0 Å². The Morgan fingerprint density at radius 2 is 1.86 bits per heavy atom. The Labute approximate surface area is 173 Å². The molecule has 0 spiro atoms. The topological polar surface area (TPSA) is 60.9 Å². The van der Waals surface area contributed by atoms with Gasteiger partial charge < -0.3 is 4.42 Å². The van der Waals surface area contributed by atoms with E-state index in [1.807, 2.05) is 54.0 Å². The Bertz CT molecular complexity index is 1210. The van der Waals surface area contributed by atoms with Crippen LogP contribution in [0.1, 0.15) is 34.5 Å². The molecule has 146 valence electrons. The number of thioether (sulfide) groups is 1. The monoisotopic (exact) mass is 403 g/mol. The highest BCUT2D eigenvalue weighted by Gasteiger charge is 2.23. The van der Waals surface area contributed by atoms with Gasteiger partial charge in [-0.2, -0.15) is 0 Å². The maximum atomic E-state index is 13.1. The van der Waals surface area contributed by atoms with Crippen LogP contribution < -0.4 is 0 Å². The van der Waals surface area contributed by atoms with Gasteiger partial charge in [0, 0.05) is 16.6 Å². The van der Waals surface area contributed by atoms with Crippen LogP contribution >= 0.6 is 11.8 Å². The molecule has 0 aliphatic heterocycles. The second kappa shape index (κ2) is 7.52. The molecule has 1 aliphatic carbocycles. The van der Waals surface area contributed by atoms with E-state index in [-0.39, 0.29) is 11.7 Å². The van der Waals surface area contributed by atoms with E-state index >= 15 is 0 Å². The zero-order chi connectivity index (χ0) is 19.8. The Kier molecular flexibility index (Phi) is 4.72. The first-order valence-electron chi connectivity index (χ1n) is 9.89. The second-order valence-electron chi connectivity index (χ2n) is 7.36. The fourth-order valence-electron chi connectivity index (χ4n) is 4.16. The molecule has 0 saturated carbocycles. The van der Waals surface area contributed by atoms with Crippen molar-refractivity contribution in [2.45, 2.75) is 37.8 Å². The molecule has 4 aromatic rings. The van der Waals surface area contributed by atoms with Crippen molar-refractivity contribution in [2.75, 3.05) is 5.75 Å². The summed E-state index contributed by atoms with van der Waals surface area (Å²) in [7, 11) is 0. The van der Waals surface area contributed by atoms with Gasteiger partial charge in [-0.05, 0) is 55.9 Å². The summed E-state index contributed by atoms with van der Waals surface area (Å²) in [6, 6.07) is 16.1. The molecular formula is C23H21N3O2S. The third kappa shape index (κ3) is 3.27. The van der Waals surface area contributed by atoms with E-state index in [2.05, 4.69) is 16.3 Å². The molecular weight excluding hydrogens is 382 g/mol. The molecule has 0 fully saturated rings. The molecule has 0 N–H and O–H groups in total. The number of carbonyl (C=O) groups excluding carboxylic acids is 1. The quantitative estimate of drug-likeness (QED) is 0.432. The van der Waals surface area contributed by atoms with Gasteiger partial charge in [0.1, 0.15) is 0 Å². The normalized spacial score (nSPS) is 13.6.